The minimum atomic E-state index is -0.628. The Morgan fingerprint density at radius 1 is 1.10 bits per heavy atom. The van der Waals surface area contributed by atoms with E-state index in [-0.39, 0.29) is 22.2 Å². The van der Waals surface area contributed by atoms with Crippen LogP contribution in [-0.2, 0) is 0 Å². The molecule has 0 fully saturated rings. The number of amides is 1. The molecule has 1 aromatic heterocycles. The molecule has 3 rings (SSSR count). The lowest BCUT2D eigenvalue weighted by molar-refractivity contribution is -0.383. The summed E-state index contributed by atoms with van der Waals surface area (Å²) in [4.78, 5) is 31.2. The van der Waals surface area contributed by atoms with Gasteiger partial charge in [-0.1, -0.05) is 35.9 Å². The van der Waals surface area contributed by atoms with Gasteiger partial charge in [0.25, 0.3) is 5.91 Å². The van der Waals surface area contributed by atoms with Crippen molar-refractivity contribution in [2.75, 3.05) is 10.7 Å². The van der Waals surface area contributed by atoms with E-state index in [0.717, 1.165) is 17.5 Å². The first-order chi connectivity index (χ1) is 13.9. The zero-order valence-electron chi connectivity index (χ0n) is 15.6. The highest BCUT2D eigenvalue weighted by molar-refractivity contribution is 6.33. The fourth-order valence-electron chi connectivity index (χ4n) is 2.56. The van der Waals surface area contributed by atoms with E-state index in [2.05, 4.69) is 26.1 Å². The van der Waals surface area contributed by atoms with Gasteiger partial charge in [0.2, 0.25) is 11.6 Å². The molecule has 2 aromatic carbocycles. The smallest absolute Gasteiger partial charge is 0.334 e. The van der Waals surface area contributed by atoms with Gasteiger partial charge in [0, 0.05) is 5.69 Å². The van der Waals surface area contributed by atoms with Crippen molar-refractivity contribution in [1.82, 2.24) is 15.4 Å². The minimum absolute atomic E-state index is 0.00630. The summed E-state index contributed by atoms with van der Waals surface area (Å²) < 4.78 is 0. The normalized spacial score (nSPS) is 10.3. The van der Waals surface area contributed by atoms with E-state index in [1.807, 2.05) is 32.0 Å². The largest absolute Gasteiger partial charge is 0.355 e. The molecule has 0 unspecified atom stereocenters. The quantitative estimate of drug-likeness (QED) is 0.410. The van der Waals surface area contributed by atoms with Crippen LogP contribution in [0, 0.1) is 24.0 Å². The Labute approximate surface area is 171 Å². The monoisotopic (exact) mass is 412 g/mol. The van der Waals surface area contributed by atoms with Crippen LogP contribution in [0.15, 0.2) is 48.8 Å². The molecule has 10 heteroatoms. The van der Waals surface area contributed by atoms with Crippen LogP contribution in [0.4, 0.5) is 23.0 Å². The third-order valence-electron chi connectivity index (χ3n) is 4.06. The molecule has 0 radical (unpaired) electrons. The van der Waals surface area contributed by atoms with Crippen molar-refractivity contribution < 1.29 is 9.72 Å². The molecular weight excluding hydrogens is 396 g/mol. The summed E-state index contributed by atoms with van der Waals surface area (Å²) >= 11 is 5.99. The van der Waals surface area contributed by atoms with E-state index < -0.39 is 16.5 Å². The lowest BCUT2D eigenvalue weighted by atomic mass is 10.1. The Balaban J connectivity index is 1.87. The van der Waals surface area contributed by atoms with Gasteiger partial charge in [-0.3, -0.25) is 25.8 Å². The maximum absolute atomic E-state index is 12.3. The molecular formula is C19H17ClN6O3. The Morgan fingerprint density at radius 2 is 1.83 bits per heavy atom. The predicted octanol–water partition coefficient (Wildman–Crippen LogP) is 4.16. The lowest BCUT2D eigenvalue weighted by Crippen LogP contribution is -2.30. The molecule has 0 atom stereocenters. The average molecular weight is 413 g/mol. The van der Waals surface area contributed by atoms with Gasteiger partial charge in [0.05, 0.1) is 15.5 Å². The third kappa shape index (κ3) is 4.58. The summed E-state index contributed by atoms with van der Waals surface area (Å²) in [7, 11) is 0. The topological polar surface area (TPSA) is 122 Å². The Bertz CT molecular complexity index is 1090. The van der Waals surface area contributed by atoms with Crippen LogP contribution >= 0.6 is 11.6 Å². The highest BCUT2D eigenvalue weighted by Crippen LogP contribution is 2.32. The standard InChI is InChI=1S/C19H17ClN6O3/c1-11-7-8-12(2)15(9-11)23-17-16(26(28)29)18(22-10-21-17)24-25-19(27)13-5-3-4-6-14(13)20/h3-10H,1-2H3,(H,25,27)(H2,21,22,23,24). The van der Waals surface area contributed by atoms with E-state index in [1.54, 1.807) is 18.2 Å². The Kier molecular flexibility index (Phi) is 5.89. The summed E-state index contributed by atoms with van der Waals surface area (Å²) in [5.74, 6) is -0.737. The van der Waals surface area contributed by atoms with Gasteiger partial charge in [-0.25, -0.2) is 9.97 Å². The number of hydrazine groups is 1. The fraction of sp³-hybridized carbons (Fsp3) is 0.105. The number of hydrogen-bond donors (Lipinski definition) is 3. The van der Waals surface area contributed by atoms with Crippen LogP contribution in [0.5, 0.6) is 0 Å². The maximum atomic E-state index is 12.3. The number of rotatable bonds is 6. The number of aromatic nitrogens is 2. The van der Waals surface area contributed by atoms with Gasteiger partial charge in [0.15, 0.2) is 0 Å². The molecule has 0 spiro atoms. The van der Waals surface area contributed by atoms with Crippen molar-refractivity contribution in [3.63, 3.8) is 0 Å². The number of halogens is 1. The molecule has 0 saturated carbocycles. The van der Waals surface area contributed by atoms with E-state index in [1.165, 1.54) is 6.07 Å². The SMILES string of the molecule is Cc1ccc(C)c(Nc2ncnc(NNC(=O)c3ccccc3Cl)c2[N+](=O)[O-])c1. The molecule has 29 heavy (non-hydrogen) atoms. The predicted molar refractivity (Wildman–Crippen MR) is 110 cm³/mol. The molecule has 0 saturated heterocycles. The molecule has 9 nitrogen and oxygen atoms in total. The molecule has 3 aromatic rings. The number of nitrogens with zero attached hydrogens (tertiary/aromatic N) is 3. The molecule has 1 heterocycles. The number of nitrogens with one attached hydrogen (secondary N) is 3. The zero-order chi connectivity index (χ0) is 21.0. The van der Waals surface area contributed by atoms with E-state index in [9.17, 15) is 14.9 Å². The highest BCUT2D eigenvalue weighted by Gasteiger charge is 2.24. The molecule has 0 aliphatic rings. The number of benzene rings is 2. The second-order valence-electron chi connectivity index (χ2n) is 6.18. The van der Waals surface area contributed by atoms with E-state index in [4.69, 9.17) is 11.6 Å². The zero-order valence-corrected chi connectivity index (χ0v) is 16.3. The van der Waals surface area contributed by atoms with Crippen LogP contribution in [0.1, 0.15) is 21.5 Å². The van der Waals surface area contributed by atoms with Crippen LogP contribution < -0.4 is 16.2 Å². The second-order valence-corrected chi connectivity index (χ2v) is 6.59. The van der Waals surface area contributed by atoms with Crippen molar-refractivity contribution in [1.29, 1.82) is 0 Å². The number of carbonyl (C=O) groups is 1. The van der Waals surface area contributed by atoms with Crippen LogP contribution in [0.2, 0.25) is 5.02 Å². The second kappa shape index (κ2) is 8.53. The van der Waals surface area contributed by atoms with Crippen molar-refractivity contribution in [2.24, 2.45) is 0 Å². The number of anilines is 3. The summed E-state index contributed by atoms with van der Waals surface area (Å²) in [6.45, 7) is 3.79. The minimum Gasteiger partial charge on any atom is -0.334 e. The van der Waals surface area contributed by atoms with Crippen LogP contribution in [0.25, 0.3) is 0 Å². The van der Waals surface area contributed by atoms with Crippen LogP contribution in [0.3, 0.4) is 0 Å². The van der Waals surface area contributed by atoms with Gasteiger partial charge in [-0.2, -0.15) is 0 Å². The van der Waals surface area contributed by atoms with Crippen molar-refractivity contribution in [2.45, 2.75) is 13.8 Å². The molecule has 3 N–H and O–H groups in total. The summed E-state index contributed by atoms with van der Waals surface area (Å²) in [5.41, 5.74) is 7.21. The fourth-order valence-corrected chi connectivity index (χ4v) is 2.78. The molecule has 0 bridgehead atoms. The summed E-state index contributed by atoms with van der Waals surface area (Å²) in [6.07, 6.45) is 1.16. The maximum Gasteiger partial charge on any atom is 0.355 e. The van der Waals surface area contributed by atoms with Gasteiger partial charge in [0.1, 0.15) is 6.33 Å². The first kappa shape index (κ1) is 20.0. The highest BCUT2D eigenvalue weighted by atomic mass is 35.5. The molecule has 0 aliphatic heterocycles. The van der Waals surface area contributed by atoms with Gasteiger partial charge in [-0.05, 0) is 43.2 Å². The average Bonchev–Trinajstić information content (AvgIpc) is 2.69. The summed E-state index contributed by atoms with van der Waals surface area (Å²) in [5, 5.41) is 14.9. The summed E-state index contributed by atoms with van der Waals surface area (Å²) in [6, 6.07) is 12.1. The number of hydrogen-bond acceptors (Lipinski definition) is 7. The van der Waals surface area contributed by atoms with Crippen LogP contribution in [-0.4, -0.2) is 20.8 Å². The van der Waals surface area contributed by atoms with Gasteiger partial charge >= 0.3 is 5.69 Å². The molecule has 0 aliphatic carbocycles. The number of aryl methyl sites for hydroxylation is 2. The van der Waals surface area contributed by atoms with E-state index in [0.29, 0.717) is 5.69 Å². The number of carbonyl (C=O) groups excluding carboxylic acids is 1. The van der Waals surface area contributed by atoms with Gasteiger partial charge in [-0.15, -0.1) is 0 Å². The first-order valence-corrected chi connectivity index (χ1v) is 8.89. The van der Waals surface area contributed by atoms with Crippen molar-refractivity contribution >= 4 is 40.5 Å². The van der Waals surface area contributed by atoms with Crippen molar-refractivity contribution in [3.8, 4) is 0 Å². The first-order valence-electron chi connectivity index (χ1n) is 8.51. The van der Waals surface area contributed by atoms with E-state index >= 15 is 0 Å². The Morgan fingerprint density at radius 3 is 2.55 bits per heavy atom. The third-order valence-corrected chi connectivity index (χ3v) is 4.39. The molecule has 1 amide bonds. The van der Waals surface area contributed by atoms with Gasteiger partial charge < -0.3 is 5.32 Å². The lowest BCUT2D eigenvalue weighted by Gasteiger charge is -2.13. The molecule has 148 valence electrons. The number of nitro groups is 1. The Hall–Kier alpha value is -3.72. The van der Waals surface area contributed by atoms with Crippen molar-refractivity contribution in [3.05, 3.63) is 80.6 Å².